The predicted octanol–water partition coefficient (Wildman–Crippen LogP) is 4.06. The van der Waals surface area contributed by atoms with Crippen molar-refractivity contribution in [1.82, 2.24) is 9.97 Å². The van der Waals surface area contributed by atoms with Gasteiger partial charge in [-0.25, -0.2) is 9.37 Å². The molecule has 5 heteroatoms. The lowest BCUT2D eigenvalue weighted by Crippen LogP contribution is -1.94. The van der Waals surface area contributed by atoms with Crippen LogP contribution in [0.15, 0.2) is 40.9 Å². The molecule has 0 aliphatic heterocycles. The van der Waals surface area contributed by atoms with Crippen LogP contribution in [0.2, 0.25) is 0 Å². The molecule has 0 saturated heterocycles. The fraction of sp³-hybridized carbons (Fsp3) is 0.133. The van der Waals surface area contributed by atoms with Crippen LogP contribution in [-0.4, -0.2) is 17.1 Å². The van der Waals surface area contributed by atoms with E-state index >= 15 is 0 Å². The molecule has 0 unspecified atom stereocenters. The van der Waals surface area contributed by atoms with E-state index in [1.165, 1.54) is 6.07 Å². The Kier molecular flexibility index (Phi) is 3.44. The molecule has 0 fully saturated rings. The van der Waals surface area contributed by atoms with E-state index < -0.39 is 0 Å². The maximum atomic E-state index is 13.5. The number of rotatable bonds is 3. The fourth-order valence-electron chi connectivity index (χ4n) is 2.17. The van der Waals surface area contributed by atoms with Gasteiger partial charge >= 0.3 is 0 Å². The highest BCUT2D eigenvalue weighted by Gasteiger charge is 2.09. The number of imidazole rings is 1. The van der Waals surface area contributed by atoms with E-state index in [1.54, 1.807) is 13.2 Å². The first-order chi connectivity index (χ1) is 9.67. The first kappa shape index (κ1) is 13.1. The SMILES string of the molecule is COc1ccccc1Cc1nc2cc(Br)c(F)cc2[nH]1. The molecule has 20 heavy (non-hydrogen) atoms. The molecule has 0 spiro atoms. The van der Waals surface area contributed by atoms with E-state index in [-0.39, 0.29) is 5.82 Å². The number of halogens is 2. The molecule has 3 rings (SSSR count). The lowest BCUT2D eigenvalue weighted by molar-refractivity contribution is 0.410. The lowest BCUT2D eigenvalue weighted by atomic mass is 10.1. The van der Waals surface area contributed by atoms with Gasteiger partial charge in [-0.3, -0.25) is 0 Å². The number of ether oxygens (including phenoxy) is 1. The summed E-state index contributed by atoms with van der Waals surface area (Å²) in [5.74, 6) is 1.30. The maximum Gasteiger partial charge on any atom is 0.139 e. The summed E-state index contributed by atoms with van der Waals surface area (Å²) in [5, 5.41) is 0. The zero-order valence-electron chi connectivity index (χ0n) is 10.8. The average molecular weight is 335 g/mol. The Morgan fingerprint density at radius 2 is 2.10 bits per heavy atom. The molecule has 3 nitrogen and oxygen atoms in total. The molecule has 1 heterocycles. The third-order valence-corrected chi connectivity index (χ3v) is 3.73. The Hall–Kier alpha value is -1.88. The number of nitrogens with one attached hydrogen (secondary N) is 1. The van der Waals surface area contributed by atoms with E-state index in [9.17, 15) is 4.39 Å². The van der Waals surface area contributed by atoms with Gasteiger partial charge in [0.15, 0.2) is 0 Å². The number of aromatic nitrogens is 2. The van der Waals surface area contributed by atoms with Gasteiger partial charge < -0.3 is 9.72 Å². The lowest BCUT2D eigenvalue weighted by Gasteiger charge is -2.05. The van der Waals surface area contributed by atoms with E-state index in [1.807, 2.05) is 24.3 Å². The van der Waals surface area contributed by atoms with Gasteiger partial charge in [0.2, 0.25) is 0 Å². The van der Waals surface area contributed by atoms with Crippen LogP contribution in [0.25, 0.3) is 11.0 Å². The Morgan fingerprint density at radius 1 is 1.30 bits per heavy atom. The van der Waals surface area contributed by atoms with Crippen LogP contribution in [0.3, 0.4) is 0 Å². The number of para-hydroxylation sites is 1. The van der Waals surface area contributed by atoms with Crippen LogP contribution in [0.1, 0.15) is 11.4 Å². The van der Waals surface area contributed by atoms with Crippen molar-refractivity contribution in [2.75, 3.05) is 7.11 Å². The first-order valence-corrected chi connectivity index (χ1v) is 6.92. The molecule has 3 aromatic rings. The van der Waals surface area contributed by atoms with Crippen LogP contribution in [0.5, 0.6) is 5.75 Å². The molecule has 0 aliphatic rings. The molecule has 0 saturated carbocycles. The Balaban J connectivity index is 1.99. The number of aromatic amines is 1. The Labute approximate surface area is 123 Å². The summed E-state index contributed by atoms with van der Waals surface area (Å²) < 4.78 is 19.2. The van der Waals surface area contributed by atoms with Gasteiger partial charge in [0.05, 0.1) is 22.6 Å². The van der Waals surface area contributed by atoms with Gasteiger partial charge in [-0.05, 0) is 28.1 Å². The molecule has 0 amide bonds. The Bertz CT molecular complexity index is 731. The van der Waals surface area contributed by atoms with E-state index in [0.29, 0.717) is 16.4 Å². The van der Waals surface area contributed by atoms with Crippen LogP contribution in [0, 0.1) is 5.82 Å². The summed E-state index contributed by atoms with van der Waals surface area (Å²) in [6, 6.07) is 10.9. The number of nitrogens with zero attached hydrogens (tertiary/aromatic N) is 1. The summed E-state index contributed by atoms with van der Waals surface area (Å²) in [4.78, 5) is 7.61. The second-order valence-electron chi connectivity index (χ2n) is 4.46. The van der Waals surface area contributed by atoms with Crippen LogP contribution in [0.4, 0.5) is 4.39 Å². The van der Waals surface area contributed by atoms with Gasteiger partial charge in [-0.1, -0.05) is 18.2 Å². The minimum Gasteiger partial charge on any atom is -0.496 e. The minimum absolute atomic E-state index is 0.301. The van der Waals surface area contributed by atoms with Gasteiger partial charge in [-0.2, -0.15) is 0 Å². The molecule has 0 radical (unpaired) electrons. The summed E-state index contributed by atoms with van der Waals surface area (Å²) in [6.07, 6.45) is 0.609. The van der Waals surface area contributed by atoms with Crippen LogP contribution < -0.4 is 4.74 Å². The third kappa shape index (κ3) is 2.41. The number of benzene rings is 2. The second-order valence-corrected chi connectivity index (χ2v) is 5.31. The van der Waals surface area contributed by atoms with Crippen molar-refractivity contribution in [3.05, 3.63) is 58.1 Å². The highest BCUT2D eigenvalue weighted by atomic mass is 79.9. The maximum absolute atomic E-state index is 13.5. The van der Waals surface area contributed by atoms with Crippen molar-refractivity contribution in [2.45, 2.75) is 6.42 Å². The number of hydrogen-bond donors (Lipinski definition) is 1. The van der Waals surface area contributed by atoms with Crippen molar-refractivity contribution in [3.63, 3.8) is 0 Å². The van der Waals surface area contributed by atoms with Crippen molar-refractivity contribution >= 4 is 27.0 Å². The summed E-state index contributed by atoms with van der Waals surface area (Å²) in [6.45, 7) is 0. The summed E-state index contributed by atoms with van der Waals surface area (Å²) >= 11 is 3.17. The van der Waals surface area contributed by atoms with Crippen molar-refractivity contribution in [2.24, 2.45) is 0 Å². The predicted molar refractivity (Wildman–Crippen MR) is 79.6 cm³/mol. The highest BCUT2D eigenvalue weighted by Crippen LogP contribution is 2.24. The van der Waals surface area contributed by atoms with E-state index in [2.05, 4.69) is 25.9 Å². The number of H-pyrrole nitrogens is 1. The molecule has 0 bridgehead atoms. The zero-order chi connectivity index (χ0) is 14.1. The second kappa shape index (κ2) is 5.25. The standard InChI is InChI=1S/C15H12BrFN2O/c1-20-14-5-3-2-4-9(14)6-15-18-12-7-10(16)11(17)8-13(12)19-15/h2-5,7-8H,6H2,1H3,(H,18,19). The average Bonchev–Trinajstić information content (AvgIpc) is 2.81. The van der Waals surface area contributed by atoms with Crippen molar-refractivity contribution < 1.29 is 9.13 Å². The third-order valence-electron chi connectivity index (χ3n) is 3.12. The van der Waals surface area contributed by atoms with Crippen molar-refractivity contribution in [1.29, 1.82) is 0 Å². The molecule has 0 atom stereocenters. The quantitative estimate of drug-likeness (QED) is 0.784. The smallest absolute Gasteiger partial charge is 0.139 e. The van der Waals surface area contributed by atoms with Gasteiger partial charge in [0.25, 0.3) is 0 Å². The fourth-order valence-corrected chi connectivity index (χ4v) is 2.50. The number of fused-ring (bicyclic) bond motifs is 1. The Morgan fingerprint density at radius 3 is 2.90 bits per heavy atom. The van der Waals surface area contributed by atoms with Gasteiger partial charge in [0, 0.05) is 18.1 Å². The molecular weight excluding hydrogens is 323 g/mol. The topological polar surface area (TPSA) is 37.9 Å². The minimum atomic E-state index is -0.301. The number of hydrogen-bond acceptors (Lipinski definition) is 2. The van der Waals surface area contributed by atoms with Gasteiger partial charge in [0.1, 0.15) is 17.4 Å². The number of methoxy groups -OCH3 is 1. The molecule has 1 N–H and O–H groups in total. The largest absolute Gasteiger partial charge is 0.496 e. The molecule has 0 aliphatic carbocycles. The van der Waals surface area contributed by atoms with E-state index in [4.69, 9.17) is 4.74 Å². The molecule has 1 aromatic heterocycles. The zero-order valence-corrected chi connectivity index (χ0v) is 12.4. The van der Waals surface area contributed by atoms with Crippen LogP contribution >= 0.6 is 15.9 Å². The summed E-state index contributed by atoms with van der Waals surface area (Å²) in [7, 11) is 1.64. The molecular formula is C15H12BrFN2O. The molecule has 2 aromatic carbocycles. The normalized spacial score (nSPS) is 10.9. The van der Waals surface area contributed by atoms with Gasteiger partial charge in [-0.15, -0.1) is 0 Å². The summed E-state index contributed by atoms with van der Waals surface area (Å²) in [5.41, 5.74) is 2.47. The van der Waals surface area contributed by atoms with Crippen molar-refractivity contribution in [3.8, 4) is 5.75 Å². The van der Waals surface area contributed by atoms with Crippen LogP contribution in [-0.2, 0) is 6.42 Å². The monoisotopic (exact) mass is 334 g/mol. The highest BCUT2D eigenvalue weighted by molar-refractivity contribution is 9.10. The van der Waals surface area contributed by atoms with E-state index in [0.717, 1.165) is 22.7 Å². The first-order valence-electron chi connectivity index (χ1n) is 6.13. The molecule has 102 valence electrons.